The molecule has 0 radical (unpaired) electrons. The minimum atomic E-state index is -0.874. The lowest BCUT2D eigenvalue weighted by molar-refractivity contribution is -0.143. The second kappa shape index (κ2) is 9.71. The molecular weight excluding hydrogens is 515 g/mol. The van der Waals surface area contributed by atoms with Gasteiger partial charge in [-0.05, 0) is 68.0 Å². The first-order chi connectivity index (χ1) is 18.0. The van der Waals surface area contributed by atoms with E-state index in [0.717, 1.165) is 11.1 Å². The van der Waals surface area contributed by atoms with Gasteiger partial charge in [-0.3, -0.25) is 10.1 Å². The van der Waals surface area contributed by atoms with Crippen molar-refractivity contribution in [2.75, 3.05) is 11.9 Å². The summed E-state index contributed by atoms with van der Waals surface area (Å²) in [5.41, 5.74) is 1.15. The summed E-state index contributed by atoms with van der Waals surface area (Å²) >= 11 is 6.03. The maximum absolute atomic E-state index is 15.4. The smallest absolute Gasteiger partial charge is 0.412 e. The number of aromatic nitrogens is 1. The van der Waals surface area contributed by atoms with Crippen LogP contribution in [0.4, 0.5) is 14.9 Å². The third kappa shape index (κ3) is 5.00. The SMILES string of the molecule is Cc1noc(-c2ccc(C3(C)COC4(CC(=O)O)CC4C3)cc2F)c1NC(=O)OC(C)c1cccc(Cl)c1. The first kappa shape index (κ1) is 26.2. The second-order valence-corrected chi connectivity index (χ2v) is 10.9. The first-order valence-electron chi connectivity index (χ1n) is 12.4. The van der Waals surface area contributed by atoms with Crippen LogP contribution in [0.15, 0.2) is 47.0 Å². The van der Waals surface area contributed by atoms with Crippen molar-refractivity contribution in [3.8, 4) is 11.3 Å². The van der Waals surface area contributed by atoms with Crippen LogP contribution in [-0.2, 0) is 19.7 Å². The Morgan fingerprint density at radius 3 is 2.76 bits per heavy atom. The summed E-state index contributed by atoms with van der Waals surface area (Å²) < 4.78 is 32.3. The highest BCUT2D eigenvalue weighted by Crippen LogP contribution is 2.59. The van der Waals surface area contributed by atoms with E-state index in [1.807, 2.05) is 6.92 Å². The Labute approximate surface area is 224 Å². The standard InChI is InChI=1S/C28H28ClFN2O6/c1-15-24(31-26(35)37-16(2)17-5-4-6-20(29)9-17)25(38-32-15)21-8-7-18(10-22(21)30)27(3)11-19-12-28(19,36-14-27)13-23(33)34/h4-10,16,19H,11-14H2,1-3H3,(H,31,35)(H,33,34). The number of hydrogen-bond acceptors (Lipinski definition) is 6. The number of halogens is 2. The van der Waals surface area contributed by atoms with Gasteiger partial charge in [0.05, 0.1) is 24.2 Å². The monoisotopic (exact) mass is 542 g/mol. The number of rotatable bonds is 7. The number of fused-ring (bicyclic) bond motifs is 1. The molecule has 3 aromatic rings. The van der Waals surface area contributed by atoms with Gasteiger partial charge in [0.15, 0.2) is 5.76 Å². The summed E-state index contributed by atoms with van der Waals surface area (Å²) in [5, 5.41) is 16.3. The van der Waals surface area contributed by atoms with Crippen molar-refractivity contribution in [3.05, 3.63) is 70.1 Å². The topological polar surface area (TPSA) is 111 Å². The fourth-order valence-electron chi connectivity index (χ4n) is 5.32. The summed E-state index contributed by atoms with van der Waals surface area (Å²) in [4.78, 5) is 23.8. The summed E-state index contributed by atoms with van der Waals surface area (Å²) in [7, 11) is 0. The highest BCUT2D eigenvalue weighted by Gasteiger charge is 2.62. The number of carbonyl (C=O) groups excluding carboxylic acids is 1. The van der Waals surface area contributed by atoms with Gasteiger partial charge in [0.25, 0.3) is 0 Å². The average molecular weight is 543 g/mol. The van der Waals surface area contributed by atoms with Crippen LogP contribution < -0.4 is 5.32 Å². The summed E-state index contributed by atoms with van der Waals surface area (Å²) in [6.07, 6.45) is 0.0791. The van der Waals surface area contributed by atoms with Crippen molar-refractivity contribution >= 4 is 29.4 Å². The number of anilines is 1. The molecule has 0 spiro atoms. The Balaban J connectivity index is 1.31. The van der Waals surface area contributed by atoms with E-state index in [2.05, 4.69) is 10.5 Å². The van der Waals surface area contributed by atoms with Crippen LogP contribution in [0.2, 0.25) is 5.02 Å². The van der Waals surface area contributed by atoms with Crippen LogP contribution in [0.25, 0.3) is 11.3 Å². The highest BCUT2D eigenvalue weighted by molar-refractivity contribution is 6.30. The molecule has 2 fully saturated rings. The van der Waals surface area contributed by atoms with Crippen molar-refractivity contribution in [2.24, 2.45) is 5.92 Å². The largest absolute Gasteiger partial charge is 0.481 e. The van der Waals surface area contributed by atoms with E-state index in [1.165, 1.54) is 6.07 Å². The number of nitrogens with zero attached hydrogens (tertiary/aromatic N) is 1. The van der Waals surface area contributed by atoms with E-state index in [-0.39, 0.29) is 29.3 Å². The number of benzene rings is 2. The molecule has 1 aliphatic carbocycles. The Bertz CT molecular complexity index is 1410. The number of hydrogen-bond donors (Lipinski definition) is 2. The molecule has 1 amide bonds. The maximum Gasteiger partial charge on any atom is 0.412 e. The zero-order valence-corrected chi connectivity index (χ0v) is 22.0. The molecule has 4 unspecified atom stereocenters. The van der Waals surface area contributed by atoms with E-state index >= 15 is 4.39 Å². The number of aryl methyl sites for hydroxylation is 1. The van der Waals surface area contributed by atoms with Crippen LogP contribution in [-0.4, -0.2) is 34.5 Å². The fourth-order valence-corrected chi connectivity index (χ4v) is 5.52. The van der Waals surface area contributed by atoms with Crippen molar-refractivity contribution < 1.29 is 33.1 Å². The van der Waals surface area contributed by atoms with Gasteiger partial charge in [0, 0.05) is 10.4 Å². The summed E-state index contributed by atoms with van der Waals surface area (Å²) in [5.74, 6) is -1.21. The maximum atomic E-state index is 15.4. The second-order valence-electron chi connectivity index (χ2n) is 10.5. The molecule has 1 aliphatic heterocycles. The van der Waals surface area contributed by atoms with Crippen molar-refractivity contribution in [2.45, 2.75) is 57.2 Å². The lowest BCUT2D eigenvalue weighted by atomic mass is 9.76. The third-order valence-electron chi connectivity index (χ3n) is 7.60. The van der Waals surface area contributed by atoms with Gasteiger partial charge in [0.2, 0.25) is 0 Å². The molecule has 5 rings (SSSR count). The van der Waals surface area contributed by atoms with Gasteiger partial charge in [-0.25, -0.2) is 9.18 Å². The van der Waals surface area contributed by atoms with Gasteiger partial charge in [-0.1, -0.05) is 41.9 Å². The molecule has 0 bridgehead atoms. The zero-order valence-electron chi connectivity index (χ0n) is 21.2. The lowest BCUT2D eigenvalue weighted by Crippen LogP contribution is -2.39. The average Bonchev–Trinajstić information content (AvgIpc) is 3.43. The minimum Gasteiger partial charge on any atom is -0.481 e. The number of amides is 1. The van der Waals surface area contributed by atoms with Gasteiger partial charge in [-0.15, -0.1) is 0 Å². The highest BCUT2D eigenvalue weighted by atomic mass is 35.5. The van der Waals surface area contributed by atoms with E-state index in [0.29, 0.717) is 30.2 Å². The lowest BCUT2D eigenvalue weighted by Gasteiger charge is -2.37. The van der Waals surface area contributed by atoms with Crippen molar-refractivity contribution in [1.82, 2.24) is 5.16 Å². The van der Waals surface area contributed by atoms with E-state index < -0.39 is 35.0 Å². The molecule has 4 atom stereocenters. The molecule has 2 aromatic carbocycles. The van der Waals surface area contributed by atoms with Crippen molar-refractivity contribution in [1.29, 1.82) is 0 Å². The van der Waals surface area contributed by atoms with E-state index in [4.69, 9.17) is 25.6 Å². The number of nitrogens with one attached hydrogen (secondary N) is 1. The van der Waals surface area contributed by atoms with E-state index in [9.17, 15) is 14.7 Å². The first-order valence-corrected chi connectivity index (χ1v) is 12.7. The number of carbonyl (C=O) groups is 2. The summed E-state index contributed by atoms with van der Waals surface area (Å²) in [6.45, 7) is 5.65. The predicted octanol–water partition coefficient (Wildman–Crippen LogP) is 6.66. The van der Waals surface area contributed by atoms with Gasteiger partial charge >= 0.3 is 12.1 Å². The molecular formula is C28H28ClFN2O6. The molecule has 10 heteroatoms. The molecule has 1 saturated carbocycles. The quantitative estimate of drug-likeness (QED) is 0.343. The molecule has 2 N–H and O–H groups in total. The van der Waals surface area contributed by atoms with Gasteiger partial charge < -0.3 is 19.1 Å². The number of ether oxygens (including phenoxy) is 2. The normalized spacial score (nSPS) is 24.8. The molecule has 200 valence electrons. The van der Waals surface area contributed by atoms with Crippen LogP contribution in [0.5, 0.6) is 0 Å². The van der Waals surface area contributed by atoms with Crippen LogP contribution in [0, 0.1) is 18.7 Å². The van der Waals surface area contributed by atoms with Crippen LogP contribution in [0.3, 0.4) is 0 Å². The van der Waals surface area contributed by atoms with Crippen molar-refractivity contribution in [3.63, 3.8) is 0 Å². The fraction of sp³-hybridized carbons (Fsp3) is 0.393. The zero-order chi connectivity index (χ0) is 27.2. The molecule has 1 saturated heterocycles. The molecule has 1 aromatic heterocycles. The van der Waals surface area contributed by atoms with Crippen LogP contribution in [0.1, 0.15) is 56.0 Å². The Hall–Kier alpha value is -3.43. The molecule has 2 aliphatic rings. The Morgan fingerprint density at radius 2 is 2.08 bits per heavy atom. The molecule has 8 nitrogen and oxygen atoms in total. The molecule has 38 heavy (non-hydrogen) atoms. The number of carboxylic acid groups (broad SMARTS) is 1. The van der Waals surface area contributed by atoms with Gasteiger partial charge in [-0.2, -0.15) is 0 Å². The van der Waals surface area contributed by atoms with Gasteiger partial charge in [0.1, 0.15) is 23.3 Å². The molecule has 2 heterocycles. The Kier molecular flexibility index (Phi) is 6.69. The Morgan fingerprint density at radius 1 is 1.29 bits per heavy atom. The predicted molar refractivity (Wildman–Crippen MR) is 138 cm³/mol. The van der Waals surface area contributed by atoms with E-state index in [1.54, 1.807) is 50.2 Å². The minimum absolute atomic E-state index is 0.0119. The van der Waals surface area contributed by atoms with Crippen LogP contribution >= 0.6 is 11.6 Å². The number of aliphatic carboxylic acids is 1. The summed E-state index contributed by atoms with van der Waals surface area (Å²) in [6, 6.07) is 11.8. The third-order valence-corrected chi connectivity index (χ3v) is 7.84. The number of carboxylic acids is 1.